The van der Waals surface area contributed by atoms with Gasteiger partial charge >= 0.3 is 0 Å². The molecular weight excluding hydrogens is 250 g/mol. The van der Waals surface area contributed by atoms with Gasteiger partial charge in [-0.25, -0.2) is 4.98 Å². The molecule has 0 amide bonds. The third kappa shape index (κ3) is 3.41. The molecule has 1 atom stereocenters. The van der Waals surface area contributed by atoms with Crippen molar-refractivity contribution < 1.29 is 4.42 Å². The van der Waals surface area contributed by atoms with Crippen LogP contribution in [0.15, 0.2) is 10.6 Å². The van der Waals surface area contributed by atoms with Gasteiger partial charge in [0.25, 0.3) is 0 Å². The fourth-order valence-electron chi connectivity index (χ4n) is 2.42. The molecule has 0 aromatic carbocycles. The summed E-state index contributed by atoms with van der Waals surface area (Å²) in [4.78, 5) is 9.17. The smallest absolute Gasteiger partial charge is 0.211 e. The van der Waals surface area contributed by atoms with Crippen molar-refractivity contribution in [1.82, 2.24) is 14.8 Å². The second-order valence-electron chi connectivity index (χ2n) is 6.50. The number of rotatable bonds is 3. The fraction of sp³-hybridized carbons (Fsp3) is 0.688. The first-order valence-corrected chi connectivity index (χ1v) is 7.28. The lowest BCUT2D eigenvalue weighted by Crippen LogP contribution is -2.47. The van der Waals surface area contributed by atoms with E-state index in [1.165, 1.54) is 0 Å². The standard InChI is InChI=1S/C16H25N3O/c1-6-7-18-8-10-19(11-9-18)13(2)15-17-12-14(20-15)16(3,4)5/h1,12-13H,7-11H2,2-5H3. The van der Waals surface area contributed by atoms with Crippen molar-refractivity contribution in [2.75, 3.05) is 32.7 Å². The van der Waals surface area contributed by atoms with Crippen LogP contribution in [-0.2, 0) is 5.41 Å². The lowest BCUT2D eigenvalue weighted by molar-refractivity contribution is 0.0978. The highest BCUT2D eigenvalue weighted by Gasteiger charge is 2.26. The molecule has 4 heteroatoms. The lowest BCUT2D eigenvalue weighted by Gasteiger charge is -2.36. The first kappa shape index (κ1) is 15.1. The molecule has 1 aromatic heterocycles. The van der Waals surface area contributed by atoms with Crippen LogP contribution in [-0.4, -0.2) is 47.5 Å². The Bertz CT molecular complexity index is 473. The van der Waals surface area contributed by atoms with Crippen molar-refractivity contribution >= 4 is 0 Å². The van der Waals surface area contributed by atoms with Gasteiger partial charge in [0, 0.05) is 31.6 Å². The molecule has 0 aliphatic carbocycles. The minimum absolute atomic E-state index is 0.0104. The zero-order valence-corrected chi connectivity index (χ0v) is 13.0. The SMILES string of the molecule is C#CCN1CCN(C(C)c2ncc(C(C)(C)C)o2)CC1. The summed E-state index contributed by atoms with van der Waals surface area (Å²) >= 11 is 0. The van der Waals surface area contributed by atoms with Crippen LogP contribution in [0.1, 0.15) is 45.4 Å². The number of aromatic nitrogens is 1. The number of oxazole rings is 1. The zero-order valence-electron chi connectivity index (χ0n) is 13.0. The first-order chi connectivity index (χ1) is 9.41. The molecule has 1 fully saturated rings. The van der Waals surface area contributed by atoms with Crippen LogP contribution in [0.3, 0.4) is 0 Å². The van der Waals surface area contributed by atoms with E-state index < -0.39 is 0 Å². The molecule has 2 rings (SSSR count). The third-order valence-electron chi connectivity index (χ3n) is 3.89. The van der Waals surface area contributed by atoms with E-state index in [1.807, 2.05) is 6.20 Å². The van der Waals surface area contributed by atoms with Crippen molar-refractivity contribution in [3.63, 3.8) is 0 Å². The Hall–Kier alpha value is -1.31. The summed E-state index contributed by atoms with van der Waals surface area (Å²) in [5.74, 6) is 4.48. The second kappa shape index (κ2) is 5.99. The summed E-state index contributed by atoms with van der Waals surface area (Å²) in [5.41, 5.74) is 0.0104. The molecule has 20 heavy (non-hydrogen) atoms. The van der Waals surface area contributed by atoms with Crippen LogP contribution in [0.4, 0.5) is 0 Å². The van der Waals surface area contributed by atoms with Gasteiger partial charge in [0.1, 0.15) is 5.76 Å². The molecule has 0 spiro atoms. The molecule has 0 bridgehead atoms. The van der Waals surface area contributed by atoms with Crippen LogP contribution < -0.4 is 0 Å². The third-order valence-corrected chi connectivity index (χ3v) is 3.89. The normalized spacial score (nSPS) is 19.8. The predicted octanol–water partition coefficient (Wildman–Crippen LogP) is 2.28. The van der Waals surface area contributed by atoms with E-state index in [0.29, 0.717) is 0 Å². The van der Waals surface area contributed by atoms with E-state index in [0.717, 1.165) is 44.4 Å². The number of hydrogen-bond acceptors (Lipinski definition) is 4. The van der Waals surface area contributed by atoms with Crippen molar-refractivity contribution in [2.24, 2.45) is 0 Å². The van der Waals surface area contributed by atoms with Crippen molar-refractivity contribution in [2.45, 2.75) is 39.2 Å². The average molecular weight is 275 g/mol. The highest BCUT2D eigenvalue weighted by molar-refractivity contribution is 5.07. The molecular formula is C16H25N3O. The molecule has 0 radical (unpaired) electrons. The van der Waals surface area contributed by atoms with Crippen LogP contribution in [0.5, 0.6) is 0 Å². The lowest BCUT2D eigenvalue weighted by atomic mass is 9.94. The minimum atomic E-state index is 0.0104. The Kier molecular flexibility index (Phi) is 4.52. The van der Waals surface area contributed by atoms with Crippen molar-refractivity contribution in [3.05, 3.63) is 17.8 Å². The molecule has 0 saturated carbocycles. The maximum Gasteiger partial charge on any atom is 0.211 e. The van der Waals surface area contributed by atoms with E-state index in [-0.39, 0.29) is 11.5 Å². The number of terminal acetylenes is 1. The van der Waals surface area contributed by atoms with Crippen LogP contribution in [0.2, 0.25) is 0 Å². The summed E-state index contributed by atoms with van der Waals surface area (Å²) in [7, 11) is 0. The monoisotopic (exact) mass is 275 g/mol. The highest BCUT2D eigenvalue weighted by atomic mass is 16.4. The minimum Gasteiger partial charge on any atom is -0.443 e. The van der Waals surface area contributed by atoms with Gasteiger partial charge in [-0.3, -0.25) is 9.80 Å². The Morgan fingerprint density at radius 3 is 2.50 bits per heavy atom. The topological polar surface area (TPSA) is 32.5 Å². The molecule has 4 nitrogen and oxygen atoms in total. The van der Waals surface area contributed by atoms with Crippen LogP contribution >= 0.6 is 0 Å². The van der Waals surface area contributed by atoms with Gasteiger partial charge in [0.05, 0.1) is 18.8 Å². The Balaban J connectivity index is 1.97. The summed E-state index contributed by atoms with van der Waals surface area (Å²) < 4.78 is 5.94. The second-order valence-corrected chi connectivity index (χ2v) is 6.50. The first-order valence-electron chi connectivity index (χ1n) is 7.28. The average Bonchev–Trinajstić information content (AvgIpc) is 2.89. The van der Waals surface area contributed by atoms with Crippen molar-refractivity contribution in [3.8, 4) is 12.3 Å². The summed E-state index contributed by atoms with van der Waals surface area (Å²) in [6, 6.07) is 0.221. The molecule has 1 aliphatic heterocycles. The summed E-state index contributed by atoms with van der Waals surface area (Å²) in [5, 5.41) is 0. The van der Waals surface area contributed by atoms with E-state index in [1.54, 1.807) is 0 Å². The summed E-state index contributed by atoms with van der Waals surface area (Å²) in [6.45, 7) is 13.4. The molecule has 2 heterocycles. The number of piperazine rings is 1. The molecule has 0 N–H and O–H groups in total. The Morgan fingerprint density at radius 2 is 2.00 bits per heavy atom. The van der Waals surface area contributed by atoms with Gasteiger partial charge in [0.15, 0.2) is 0 Å². The molecule has 1 unspecified atom stereocenters. The van der Waals surface area contributed by atoms with Gasteiger partial charge in [-0.15, -0.1) is 6.42 Å². The summed E-state index contributed by atoms with van der Waals surface area (Å²) in [6.07, 6.45) is 7.22. The Morgan fingerprint density at radius 1 is 1.35 bits per heavy atom. The molecule has 1 aromatic rings. The van der Waals surface area contributed by atoms with E-state index >= 15 is 0 Å². The maximum absolute atomic E-state index is 5.94. The van der Waals surface area contributed by atoms with Crippen LogP contribution in [0, 0.1) is 12.3 Å². The Labute approximate surface area is 122 Å². The van der Waals surface area contributed by atoms with Crippen molar-refractivity contribution in [1.29, 1.82) is 0 Å². The van der Waals surface area contributed by atoms with E-state index in [4.69, 9.17) is 10.8 Å². The maximum atomic E-state index is 5.94. The highest BCUT2D eigenvalue weighted by Crippen LogP contribution is 2.27. The van der Waals surface area contributed by atoms with Gasteiger partial charge < -0.3 is 4.42 Å². The van der Waals surface area contributed by atoms with E-state index in [2.05, 4.69) is 48.4 Å². The largest absolute Gasteiger partial charge is 0.443 e. The molecule has 110 valence electrons. The number of nitrogens with zero attached hydrogens (tertiary/aromatic N) is 3. The van der Waals surface area contributed by atoms with E-state index in [9.17, 15) is 0 Å². The molecule has 1 aliphatic rings. The van der Waals surface area contributed by atoms with Gasteiger partial charge in [-0.1, -0.05) is 26.7 Å². The van der Waals surface area contributed by atoms with Gasteiger partial charge in [-0.2, -0.15) is 0 Å². The predicted molar refractivity (Wildman–Crippen MR) is 80.5 cm³/mol. The van der Waals surface area contributed by atoms with Gasteiger partial charge in [0.2, 0.25) is 5.89 Å². The fourth-order valence-corrected chi connectivity index (χ4v) is 2.42. The van der Waals surface area contributed by atoms with Gasteiger partial charge in [-0.05, 0) is 6.92 Å². The zero-order chi connectivity index (χ0) is 14.8. The molecule has 1 saturated heterocycles. The quantitative estimate of drug-likeness (QED) is 0.792. The van der Waals surface area contributed by atoms with Crippen LogP contribution in [0.25, 0.3) is 0 Å². The number of hydrogen-bond donors (Lipinski definition) is 0.